The highest BCUT2D eigenvalue weighted by atomic mass is 16.6. The fraction of sp³-hybridized carbons (Fsp3) is 0.167. The fourth-order valence-electron chi connectivity index (χ4n) is 2.04. The van der Waals surface area contributed by atoms with Gasteiger partial charge in [0.1, 0.15) is 0 Å². The molecule has 0 saturated heterocycles. The zero-order valence-electron chi connectivity index (χ0n) is 14.3. The normalized spacial score (nSPS) is 10.7. The molecule has 0 bridgehead atoms. The second-order valence-electron chi connectivity index (χ2n) is 5.78. The van der Waals surface area contributed by atoms with Crippen LogP contribution in [0.25, 0.3) is 0 Å². The number of rotatable bonds is 5. The van der Waals surface area contributed by atoms with Crippen LogP contribution < -0.4 is 10.7 Å². The number of nitro groups is 1. The van der Waals surface area contributed by atoms with E-state index in [1.54, 1.807) is 12.1 Å². The minimum Gasteiger partial charge on any atom is -0.318 e. The van der Waals surface area contributed by atoms with Gasteiger partial charge in [0, 0.05) is 17.8 Å². The average molecular weight is 354 g/mol. The molecule has 2 amide bonds. The third-order valence-corrected chi connectivity index (χ3v) is 3.53. The molecule has 0 fully saturated rings. The lowest BCUT2D eigenvalue weighted by molar-refractivity contribution is -0.384. The predicted octanol–water partition coefficient (Wildman–Crippen LogP) is 2.81. The van der Waals surface area contributed by atoms with E-state index >= 15 is 0 Å². The number of hydrogen-bond donors (Lipinski definition) is 2. The van der Waals surface area contributed by atoms with E-state index in [2.05, 4.69) is 29.7 Å². The summed E-state index contributed by atoms with van der Waals surface area (Å²) in [7, 11) is 0. The Bertz CT molecular complexity index is 827. The summed E-state index contributed by atoms with van der Waals surface area (Å²) in [5, 5.41) is 16.7. The van der Waals surface area contributed by atoms with E-state index in [1.165, 1.54) is 30.5 Å². The predicted molar refractivity (Wildman–Crippen MR) is 98.0 cm³/mol. The maximum Gasteiger partial charge on any atom is 0.329 e. The number of benzene rings is 2. The summed E-state index contributed by atoms with van der Waals surface area (Å²) in [5.41, 5.74) is 4.23. The lowest BCUT2D eigenvalue weighted by atomic mass is 10.0. The summed E-state index contributed by atoms with van der Waals surface area (Å²) in [6.45, 7) is 4.12. The Balaban J connectivity index is 1.88. The van der Waals surface area contributed by atoms with Crippen LogP contribution in [0.1, 0.15) is 30.9 Å². The maximum absolute atomic E-state index is 11.8. The van der Waals surface area contributed by atoms with Crippen molar-refractivity contribution >= 4 is 29.4 Å². The van der Waals surface area contributed by atoms with Gasteiger partial charge >= 0.3 is 11.8 Å². The molecule has 2 N–H and O–H groups in total. The molecule has 0 aromatic heterocycles. The van der Waals surface area contributed by atoms with Gasteiger partial charge in [-0.05, 0) is 41.3 Å². The van der Waals surface area contributed by atoms with E-state index in [1.807, 2.05) is 12.1 Å². The molecule has 0 aliphatic carbocycles. The van der Waals surface area contributed by atoms with Crippen LogP contribution in [0.4, 0.5) is 11.4 Å². The first-order chi connectivity index (χ1) is 12.4. The van der Waals surface area contributed by atoms with Crippen molar-refractivity contribution in [2.45, 2.75) is 19.8 Å². The summed E-state index contributed by atoms with van der Waals surface area (Å²) in [4.78, 5) is 33.6. The summed E-state index contributed by atoms with van der Waals surface area (Å²) in [6, 6.07) is 12.8. The third kappa shape index (κ3) is 5.23. The largest absolute Gasteiger partial charge is 0.329 e. The summed E-state index contributed by atoms with van der Waals surface area (Å²) in [5.74, 6) is -1.39. The molecule has 8 heteroatoms. The maximum atomic E-state index is 11.8. The standard InChI is InChI=1S/C18H18N4O4/c1-12(2)14-5-7-15(8-6-14)20-17(23)18(24)21-19-11-13-3-9-16(10-4-13)22(25)26/h3-12H,1-2H3,(H,20,23)(H,21,24)/b19-11+. The lowest BCUT2D eigenvalue weighted by Crippen LogP contribution is -2.32. The number of carbonyl (C=O) groups excluding carboxylic acids is 2. The van der Waals surface area contributed by atoms with Crippen LogP contribution in [0.3, 0.4) is 0 Å². The van der Waals surface area contributed by atoms with Gasteiger partial charge in [0.05, 0.1) is 11.1 Å². The Hall–Kier alpha value is -3.55. The second kappa shape index (κ2) is 8.52. The zero-order chi connectivity index (χ0) is 19.1. The number of nitro benzene ring substituents is 1. The van der Waals surface area contributed by atoms with Gasteiger partial charge in [-0.2, -0.15) is 5.10 Å². The molecule has 0 aliphatic rings. The lowest BCUT2D eigenvalue weighted by Gasteiger charge is -2.07. The summed E-state index contributed by atoms with van der Waals surface area (Å²) >= 11 is 0. The highest BCUT2D eigenvalue weighted by molar-refractivity contribution is 6.39. The highest BCUT2D eigenvalue weighted by Gasteiger charge is 2.13. The number of amides is 2. The monoisotopic (exact) mass is 354 g/mol. The van der Waals surface area contributed by atoms with Crippen molar-refractivity contribution in [2.75, 3.05) is 5.32 Å². The minimum absolute atomic E-state index is 0.0472. The van der Waals surface area contributed by atoms with E-state index in [0.717, 1.165) is 5.56 Å². The molecule has 0 heterocycles. The number of anilines is 1. The smallest absolute Gasteiger partial charge is 0.318 e. The van der Waals surface area contributed by atoms with Crippen molar-refractivity contribution in [3.05, 3.63) is 69.8 Å². The first-order valence-corrected chi connectivity index (χ1v) is 7.85. The Morgan fingerprint density at radius 1 is 1.04 bits per heavy atom. The van der Waals surface area contributed by atoms with E-state index in [0.29, 0.717) is 17.2 Å². The van der Waals surface area contributed by atoms with E-state index in [4.69, 9.17) is 0 Å². The molecule has 0 radical (unpaired) electrons. The fourth-order valence-corrected chi connectivity index (χ4v) is 2.04. The number of non-ortho nitro benzene ring substituents is 1. The van der Waals surface area contributed by atoms with Crippen molar-refractivity contribution in [3.63, 3.8) is 0 Å². The first kappa shape index (κ1) is 18.8. The van der Waals surface area contributed by atoms with Crippen molar-refractivity contribution < 1.29 is 14.5 Å². The number of nitrogens with zero attached hydrogens (tertiary/aromatic N) is 2. The van der Waals surface area contributed by atoms with Crippen LogP contribution in [0, 0.1) is 10.1 Å². The van der Waals surface area contributed by atoms with Crippen LogP contribution in [0.2, 0.25) is 0 Å². The topological polar surface area (TPSA) is 114 Å². The molecule has 2 aromatic carbocycles. The van der Waals surface area contributed by atoms with Gasteiger partial charge < -0.3 is 5.32 Å². The van der Waals surface area contributed by atoms with Gasteiger partial charge in [-0.25, -0.2) is 5.43 Å². The quantitative estimate of drug-likeness (QED) is 0.372. The van der Waals surface area contributed by atoms with Gasteiger partial charge in [0.25, 0.3) is 5.69 Å². The molecule has 0 unspecified atom stereocenters. The van der Waals surface area contributed by atoms with Crippen molar-refractivity contribution in [2.24, 2.45) is 5.10 Å². The van der Waals surface area contributed by atoms with E-state index in [9.17, 15) is 19.7 Å². The highest BCUT2D eigenvalue weighted by Crippen LogP contribution is 2.17. The Labute approximate surface area is 150 Å². The molecule has 134 valence electrons. The summed E-state index contributed by atoms with van der Waals surface area (Å²) < 4.78 is 0. The van der Waals surface area contributed by atoms with Crippen LogP contribution in [0.5, 0.6) is 0 Å². The van der Waals surface area contributed by atoms with Crippen molar-refractivity contribution in [1.82, 2.24) is 5.43 Å². The van der Waals surface area contributed by atoms with Crippen LogP contribution in [-0.2, 0) is 9.59 Å². The number of carbonyl (C=O) groups is 2. The minimum atomic E-state index is -0.920. The van der Waals surface area contributed by atoms with Gasteiger partial charge in [-0.3, -0.25) is 19.7 Å². The Morgan fingerprint density at radius 3 is 2.19 bits per heavy atom. The number of hydrogen-bond acceptors (Lipinski definition) is 5. The van der Waals surface area contributed by atoms with Gasteiger partial charge in [-0.15, -0.1) is 0 Å². The van der Waals surface area contributed by atoms with Crippen LogP contribution in [0.15, 0.2) is 53.6 Å². The SMILES string of the molecule is CC(C)c1ccc(NC(=O)C(=O)N/N=C/c2ccc([N+](=O)[O-])cc2)cc1. The zero-order valence-corrected chi connectivity index (χ0v) is 14.3. The molecule has 0 aliphatic heterocycles. The van der Waals surface area contributed by atoms with Gasteiger partial charge in [0.2, 0.25) is 0 Å². The van der Waals surface area contributed by atoms with E-state index in [-0.39, 0.29) is 5.69 Å². The van der Waals surface area contributed by atoms with Crippen LogP contribution >= 0.6 is 0 Å². The van der Waals surface area contributed by atoms with Gasteiger partial charge in [-0.1, -0.05) is 26.0 Å². The molecule has 8 nitrogen and oxygen atoms in total. The number of hydrazone groups is 1. The summed E-state index contributed by atoms with van der Waals surface area (Å²) in [6.07, 6.45) is 1.28. The molecular formula is C18H18N4O4. The Kier molecular flexibility index (Phi) is 6.15. The van der Waals surface area contributed by atoms with Gasteiger partial charge in [0.15, 0.2) is 0 Å². The number of nitrogens with one attached hydrogen (secondary N) is 2. The third-order valence-electron chi connectivity index (χ3n) is 3.53. The molecular weight excluding hydrogens is 336 g/mol. The molecule has 0 saturated carbocycles. The van der Waals surface area contributed by atoms with Crippen LogP contribution in [-0.4, -0.2) is 23.0 Å². The molecule has 2 rings (SSSR count). The molecule has 2 aromatic rings. The molecule has 0 atom stereocenters. The Morgan fingerprint density at radius 2 is 1.65 bits per heavy atom. The van der Waals surface area contributed by atoms with Crippen molar-refractivity contribution in [3.8, 4) is 0 Å². The average Bonchev–Trinajstić information content (AvgIpc) is 2.62. The second-order valence-corrected chi connectivity index (χ2v) is 5.78. The molecule has 0 spiro atoms. The molecule has 26 heavy (non-hydrogen) atoms. The van der Waals surface area contributed by atoms with E-state index < -0.39 is 16.7 Å². The first-order valence-electron chi connectivity index (χ1n) is 7.85. The van der Waals surface area contributed by atoms with Crippen molar-refractivity contribution in [1.29, 1.82) is 0 Å².